The van der Waals surface area contributed by atoms with Crippen molar-refractivity contribution in [3.05, 3.63) is 58.4 Å². The molecule has 1 heterocycles. The molecular formula is C20H21ClF2N2O3. The number of amides is 1. The fourth-order valence-corrected chi connectivity index (χ4v) is 2.68. The molecule has 1 aromatic carbocycles. The number of nitrogens with zero attached hydrogens (tertiary/aromatic N) is 1. The quantitative estimate of drug-likeness (QED) is 0.700. The number of rotatable bonds is 8. The van der Waals surface area contributed by atoms with Crippen molar-refractivity contribution in [2.45, 2.75) is 39.2 Å². The molecule has 150 valence electrons. The van der Waals surface area contributed by atoms with Crippen LogP contribution in [0.2, 0.25) is 5.02 Å². The Morgan fingerprint density at radius 3 is 2.61 bits per heavy atom. The van der Waals surface area contributed by atoms with E-state index >= 15 is 0 Å². The minimum absolute atomic E-state index is 0.000810. The van der Waals surface area contributed by atoms with Gasteiger partial charge in [0.15, 0.2) is 6.61 Å². The van der Waals surface area contributed by atoms with Crippen LogP contribution in [0.25, 0.3) is 0 Å². The third-order valence-electron chi connectivity index (χ3n) is 3.79. The van der Waals surface area contributed by atoms with E-state index < -0.39 is 12.5 Å². The molecule has 0 saturated heterocycles. The lowest BCUT2D eigenvalue weighted by atomic mass is 10.1. The van der Waals surface area contributed by atoms with Gasteiger partial charge in [0.25, 0.3) is 11.8 Å². The summed E-state index contributed by atoms with van der Waals surface area (Å²) in [5, 5.41) is 2.89. The van der Waals surface area contributed by atoms with Gasteiger partial charge in [0, 0.05) is 30.8 Å². The number of pyridine rings is 1. The van der Waals surface area contributed by atoms with Crippen LogP contribution in [0.4, 0.5) is 8.78 Å². The third-order valence-corrected chi connectivity index (χ3v) is 4.09. The number of ether oxygens (including phenoxy) is 1. The zero-order valence-corrected chi connectivity index (χ0v) is 16.5. The van der Waals surface area contributed by atoms with Gasteiger partial charge in [-0.2, -0.15) is 0 Å². The molecule has 8 heteroatoms. The van der Waals surface area contributed by atoms with Crippen molar-refractivity contribution in [3.63, 3.8) is 0 Å². The van der Waals surface area contributed by atoms with E-state index in [9.17, 15) is 18.4 Å². The summed E-state index contributed by atoms with van der Waals surface area (Å²) in [7, 11) is 0. The van der Waals surface area contributed by atoms with Gasteiger partial charge in [0.05, 0.1) is 11.1 Å². The Balaban J connectivity index is 2.06. The Morgan fingerprint density at radius 2 is 2.00 bits per heavy atom. The van der Waals surface area contributed by atoms with Crippen molar-refractivity contribution in [2.24, 2.45) is 0 Å². The van der Waals surface area contributed by atoms with Crippen LogP contribution >= 0.6 is 11.6 Å². The predicted octanol–water partition coefficient (Wildman–Crippen LogP) is 4.39. The lowest BCUT2D eigenvalue weighted by Gasteiger charge is -2.16. The van der Waals surface area contributed by atoms with Crippen LogP contribution in [0.5, 0.6) is 5.75 Å². The van der Waals surface area contributed by atoms with Crippen molar-refractivity contribution in [1.29, 1.82) is 0 Å². The third kappa shape index (κ3) is 6.56. The van der Waals surface area contributed by atoms with Gasteiger partial charge in [-0.15, -0.1) is 0 Å². The molecule has 0 fully saturated rings. The molecule has 1 atom stereocenters. The standard InChI is InChI=1S/C20H21ClF2N2O3/c1-12(26)8-16-9-14(6-7-24-16)13(2)25-19(27)15-4-5-18(17(21)10-15)28-11-20(3,22)23/h4-7,9-10,13H,8,11H2,1-3H3,(H,25,27). The first kappa shape index (κ1) is 21.8. The molecule has 0 saturated carbocycles. The van der Waals surface area contributed by atoms with Crippen LogP contribution in [-0.2, 0) is 11.2 Å². The summed E-state index contributed by atoms with van der Waals surface area (Å²) in [6.07, 6.45) is 1.81. The summed E-state index contributed by atoms with van der Waals surface area (Å²) in [6.45, 7) is 3.22. The SMILES string of the molecule is CC(=O)Cc1cc(C(C)NC(=O)c2ccc(OCC(C)(F)F)c(Cl)c2)ccn1. The average molecular weight is 411 g/mol. The molecule has 0 aliphatic heterocycles. The highest BCUT2D eigenvalue weighted by Crippen LogP contribution is 2.27. The Kier molecular flexibility index (Phi) is 7.07. The molecule has 2 aromatic rings. The molecule has 0 aliphatic rings. The van der Waals surface area contributed by atoms with Crippen molar-refractivity contribution in [1.82, 2.24) is 10.3 Å². The molecule has 2 rings (SSSR count). The summed E-state index contributed by atoms with van der Waals surface area (Å²) in [5.74, 6) is -3.29. The van der Waals surface area contributed by atoms with E-state index in [4.69, 9.17) is 16.3 Å². The van der Waals surface area contributed by atoms with E-state index in [1.54, 1.807) is 25.3 Å². The molecule has 0 bridgehead atoms. The van der Waals surface area contributed by atoms with Crippen LogP contribution < -0.4 is 10.1 Å². The molecule has 5 nitrogen and oxygen atoms in total. The number of hydrogen-bond acceptors (Lipinski definition) is 4. The average Bonchev–Trinajstić information content (AvgIpc) is 2.59. The second kappa shape index (κ2) is 9.10. The summed E-state index contributed by atoms with van der Waals surface area (Å²) in [6, 6.07) is 7.37. The molecule has 0 aliphatic carbocycles. The molecule has 1 amide bonds. The molecule has 1 N–H and O–H groups in total. The number of carbonyl (C=O) groups is 2. The van der Waals surface area contributed by atoms with Crippen LogP contribution in [0, 0.1) is 0 Å². The Hall–Kier alpha value is -2.54. The summed E-state index contributed by atoms with van der Waals surface area (Å²) in [5.41, 5.74) is 1.70. The van der Waals surface area contributed by atoms with Gasteiger partial charge in [-0.05, 0) is 49.7 Å². The summed E-state index contributed by atoms with van der Waals surface area (Å²) >= 11 is 6.04. The molecule has 0 radical (unpaired) electrons. The van der Waals surface area contributed by atoms with Crippen molar-refractivity contribution in [2.75, 3.05) is 6.61 Å². The van der Waals surface area contributed by atoms with Crippen LogP contribution in [0.3, 0.4) is 0 Å². The number of ketones is 1. The van der Waals surface area contributed by atoms with E-state index in [1.807, 2.05) is 0 Å². The predicted molar refractivity (Wildman–Crippen MR) is 102 cm³/mol. The first-order valence-corrected chi connectivity index (χ1v) is 8.98. The van der Waals surface area contributed by atoms with E-state index in [0.29, 0.717) is 5.69 Å². The molecule has 28 heavy (non-hydrogen) atoms. The number of hydrogen-bond donors (Lipinski definition) is 1. The number of carbonyl (C=O) groups excluding carboxylic acids is 2. The maximum Gasteiger partial charge on any atom is 0.278 e. The topological polar surface area (TPSA) is 68.3 Å². The molecular weight excluding hydrogens is 390 g/mol. The maximum absolute atomic E-state index is 12.9. The van der Waals surface area contributed by atoms with Crippen LogP contribution in [0.1, 0.15) is 48.4 Å². The maximum atomic E-state index is 12.9. The van der Waals surface area contributed by atoms with Gasteiger partial charge >= 0.3 is 0 Å². The Labute approximate surface area is 167 Å². The monoisotopic (exact) mass is 410 g/mol. The van der Waals surface area contributed by atoms with Gasteiger partial charge in [-0.3, -0.25) is 14.6 Å². The van der Waals surface area contributed by atoms with Gasteiger partial charge < -0.3 is 10.1 Å². The number of Topliss-reactive ketones (excluding diaryl/α,β-unsaturated/α-hetero) is 1. The summed E-state index contributed by atoms with van der Waals surface area (Å²) < 4.78 is 30.8. The van der Waals surface area contributed by atoms with Crippen molar-refractivity contribution >= 4 is 23.3 Å². The Morgan fingerprint density at radius 1 is 1.29 bits per heavy atom. The number of benzene rings is 1. The molecule has 0 spiro atoms. The molecule has 1 unspecified atom stereocenters. The first-order valence-electron chi connectivity index (χ1n) is 8.60. The second-order valence-electron chi connectivity index (χ2n) is 6.66. The first-order chi connectivity index (χ1) is 13.0. The fourth-order valence-electron chi connectivity index (χ4n) is 2.44. The number of aromatic nitrogens is 1. The van der Waals surface area contributed by atoms with Crippen molar-refractivity contribution in [3.8, 4) is 5.75 Å². The zero-order valence-electron chi connectivity index (χ0n) is 15.8. The summed E-state index contributed by atoms with van der Waals surface area (Å²) in [4.78, 5) is 27.9. The van der Waals surface area contributed by atoms with Gasteiger partial charge in [-0.1, -0.05) is 11.6 Å². The van der Waals surface area contributed by atoms with Crippen molar-refractivity contribution < 1.29 is 23.1 Å². The largest absolute Gasteiger partial charge is 0.486 e. The normalized spacial score (nSPS) is 12.4. The lowest BCUT2D eigenvalue weighted by molar-refractivity contribution is -0.116. The van der Waals surface area contributed by atoms with Crippen LogP contribution in [0.15, 0.2) is 36.5 Å². The van der Waals surface area contributed by atoms with E-state index in [2.05, 4.69) is 10.3 Å². The number of halogens is 3. The van der Waals surface area contributed by atoms with E-state index in [1.165, 1.54) is 25.1 Å². The van der Waals surface area contributed by atoms with Gasteiger partial charge in [-0.25, -0.2) is 8.78 Å². The zero-order chi connectivity index (χ0) is 20.9. The minimum Gasteiger partial charge on any atom is -0.486 e. The number of alkyl halides is 2. The highest BCUT2D eigenvalue weighted by Gasteiger charge is 2.23. The second-order valence-corrected chi connectivity index (χ2v) is 7.07. The van der Waals surface area contributed by atoms with E-state index in [0.717, 1.165) is 12.5 Å². The molecule has 1 aromatic heterocycles. The smallest absolute Gasteiger partial charge is 0.278 e. The van der Waals surface area contributed by atoms with Gasteiger partial charge in [0.2, 0.25) is 0 Å². The lowest BCUT2D eigenvalue weighted by Crippen LogP contribution is -2.27. The minimum atomic E-state index is -2.99. The fraction of sp³-hybridized carbons (Fsp3) is 0.350. The van der Waals surface area contributed by atoms with Crippen LogP contribution in [-0.4, -0.2) is 29.2 Å². The van der Waals surface area contributed by atoms with Gasteiger partial charge in [0.1, 0.15) is 11.5 Å². The number of nitrogens with one attached hydrogen (secondary N) is 1. The highest BCUT2D eigenvalue weighted by molar-refractivity contribution is 6.32. The highest BCUT2D eigenvalue weighted by atomic mass is 35.5. The van der Waals surface area contributed by atoms with E-state index in [-0.39, 0.29) is 40.5 Å². The Bertz CT molecular complexity index is 869.